The van der Waals surface area contributed by atoms with Crippen LogP contribution in [0.1, 0.15) is 22.4 Å². The topological polar surface area (TPSA) is 87.7 Å². The highest BCUT2D eigenvalue weighted by molar-refractivity contribution is 7.99. The highest BCUT2D eigenvalue weighted by Gasteiger charge is 2.18. The molecule has 0 aliphatic rings. The van der Waals surface area contributed by atoms with Gasteiger partial charge in [-0.25, -0.2) is 4.68 Å². The van der Waals surface area contributed by atoms with Gasteiger partial charge in [-0.2, -0.15) is 5.26 Å². The van der Waals surface area contributed by atoms with E-state index >= 15 is 0 Å². The van der Waals surface area contributed by atoms with Crippen LogP contribution in [0.3, 0.4) is 0 Å². The third kappa shape index (κ3) is 5.18. The second-order valence-corrected chi connectivity index (χ2v) is 8.26. The molecule has 0 saturated carbocycles. The first kappa shape index (κ1) is 20.0. The minimum Gasteiger partial charge on any atom is -0.311 e. The second-order valence-electron chi connectivity index (χ2n) is 6.29. The summed E-state index contributed by atoms with van der Waals surface area (Å²) in [7, 11) is 0. The van der Waals surface area contributed by atoms with Gasteiger partial charge < -0.3 is 4.90 Å². The number of hydrogen-bond acceptors (Lipinski definition) is 7. The molecule has 28 heavy (non-hydrogen) atoms. The molecular weight excluding hydrogens is 392 g/mol. The normalized spacial score (nSPS) is 10.6. The van der Waals surface area contributed by atoms with E-state index in [1.165, 1.54) is 11.8 Å². The van der Waals surface area contributed by atoms with Gasteiger partial charge in [-0.3, -0.25) is 4.79 Å². The summed E-state index contributed by atoms with van der Waals surface area (Å²) in [5.74, 6) is 0.124. The number of carbonyl (C=O) groups excluding carboxylic acids is 1. The van der Waals surface area contributed by atoms with Gasteiger partial charge in [0.2, 0.25) is 11.1 Å². The average Bonchev–Trinajstić information content (AvgIpc) is 3.32. The molecule has 3 aromatic rings. The molecule has 3 rings (SSSR count). The fourth-order valence-corrected chi connectivity index (χ4v) is 4.26. The summed E-state index contributed by atoms with van der Waals surface area (Å²) < 4.78 is 1.69. The number of carbonyl (C=O) groups is 1. The van der Waals surface area contributed by atoms with Crippen molar-refractivity contribution >= 4 is 34.7 Å². The summed E-state index contributed by atoms with van der Waals surface area (Å²) in [6.07, 6.45) is 0.277. The molecule has 0 radical (unpaired) electrons. The molecular formula is C19H20N6OS2. The number of tetrazole rings is 1. The summed E-state index contributed by atoms with van der Waals surface area (Å²) in [6.45, 7) is 4.93. The quantitative estimate of drug-likeness (QED) is 0.527. The number of thiophene rings is 1. The molecule has 2 heterocycles. The van der Waals surface area contributed by atoms with E-state index in [0.717, 1.165) is 21.7 Å². The number of thioether (sulfide) groups is 1. The third-order valence-corrected chi connectivity index (χ3v) is 5.78. The molecule has 0 spiro atoms. The number of aryl methyl sites for hydroxylation is 2. The van der Waals surface area contributed by atoms with E-state index in [4.69, 9.17) is 5.26 Å². The van der Waals surface area contributed by atoms with Crippen LogP contribution in [0.25, 0.3) is 0 Å². The monoisotopic (exact) mass is 412 g/mol. The molecule has 144 valence electrons. The zero-order chi connectivity index (χ0) is 19.9. The average molecular weight is 413 g/mol. The second kappa shape index (κ2) is 9.48. The van der Waals surface area contributed by atoms with Gasteiger partial charge in [0.1, 0.15) is 0 Å². The molecule has 0 aliphatic heterocycles. The van der Waals surface area contributed by atoms with E-state index in [1.54, 1.807) is 20.9 Å². The standard InChI is InChI=1S/C19H20N6OS2/c1-14-9-15(2)11-16(10-14)24(7-4-6-20)18(26)13-28-19-21-22-23-25(19)12-17-5-3-8-27-17/h3,5,8-11H,4,7,12-13H2,1-2H3. The van der Waals surface area contributed by atoms with Crippen molar-refractivity contribution in [3.63, 3.8) is 0 Å². The van der Waals surface area contributed by atoms with Crippen molar-refractivity contribution in [3.8, 4) is 6.07 Å². The third-order valence-electron chi connectivity index (χ3n) is 3.98. The van der Waals surface area contributed by atoms with E-state index in [0.29, 0.717) is 18.2 Å². The molecule has 7 nitrogen and oxygen atoms in total. The number of amides is 1. The summed E-state index contributed by atoms with van der Waals surface area (Å²) in [6, 6.07) is 12.1. The van der Waals surface area contributed by atoms with Crippen LogP contribution in [0.15, 0.2) is 40.9 Å². The Kier molecular flexibility index (Phi) is 6.79. The first-order valence-electron chi connectivity index (χ1n) is 8.74. The van der Waals surface area contributed by atoms with E-state index in [9.17, 15) is 4.79 Å². The smallest absolute Gasteiger partial charge is 0.237 e. The Morgan fingerprint density at radius 2 is 2.11 bits per heavy atom. The predicted octanol–water partition coefficient (Wildman–Crippen LogP) is 3.44. The number of benzene rings is 1. The Balaban J connectivity index is 1.71. The fraction of sp³-hybridized carbons (Fsp3) is 0.316. The van der Waals surface area contributed by atoms with Gasteiger partial charge in [0.25, 0.3) is 0 Å². The van der Waals surface area contributed by atoms with Crippen LogP contribution >= 0.6 is 23.1 Å². The maximum Gasteiger partial charge on any atom is 0.237 e. The van der Waals surface area contributed by atoms with E-state index in [2.05, 4.69) is 27.7 Å². The lowest BCUT2D eigenvalue weighted by molar-refractivity contribution is -0.116. The first-order chi connectivity index (χ1) is 13.6. The summed E-state index contributed by atoms with van der Waals surface area (Å²) >= 11 is 2.94. The Bertz CT molecular complexity index is 956. The Hall–Kier alpha value is -2.70. The van der Waals surface area contributed by atoms with Gasteiger partial charge in [0, 0.05) is 17.1 Å². The minimum absolute atomic E-state index is 0.0732. The summed E-state index contributed by atoms with van der Waals surface area (Å²) in [5.41, 5.74) is 2.98. The molecule has 0 bridgehead atoms. The molecule has 0 atom stereocenters. The van der Waals surface area contributed by atoms with Crippen LogP contribution in [-0.4, -0.2) is 38.4 Å². The number of anilines is 1. The number of aromatic nitrogens is 4. The van der Waals surface area contributed by atoms with Gasteiger partial charge in [0.05, 0.1) is 24.8 Å². The van der Waals surface area contributed by atoms with Crippen molar-refractivity contribution in [1.29, 1.82) is 5.26 Å². The Morgan fingerprint density at radius 1 is 1.32 bits per heavy atom. The van der Waals surface area contributed by atoms with E-state index in [-0.39, 0.29) is 18.1 Å². The zero-order valence-electron chi connectivity index (χ0n) is 15.7. The summed E-state index contributed by atoms with van der Waals surface area (Å²) in [5, 5.41) is 23.4. The number of hydrogen-bond donors (Lipinski definition) is 0. The molecule has 0 N–H and O–H groups in total. The van der Waals surface area contributed by atoms with E-state index in [1.807, 2.05) is 43.5 Å². The van der Waals surface area contributed by atoms with Crippen molar-refractivity contribution in [2.45, 2.75) is 32.0 Å². The lowest BCUT2D eigenvalue weighted by Gasteiger charge is -2.22. The molecule has 0 saturated heterocycles. The molecule has 0 unspecified atom stereocenters. The largest absolute Gasteiger partial charge is 0.311 e. The van der Waals surface area contributed by atoms with Crippen LogP contribution in [-0.2, 0) is 11.3 Å². The molecule has 1 amide bonds. The Labute approximate surface area is 172 Å². The molecule has 1 aromatic carbocycles. The predicted molar refractivity (Wildman–Crippen MR) is 110 cm³/mol. The van der Waals surface area contributed by atoms with Crippen molar-refractivity contribution in [3.05, 3.63) is 51.7 Å². The zero-order valence-corrected chi connectivity index (χ0v) is 17.3. The van der Waals surface area contributed by atoms with Gasteiger partial charge in [0.15, 0.2) is 0 Å². The van der Waals surface area contributed by atoms with Gasteiger partial charge in [-0.05, 0) is 59.0 Å². The fourth-order valence-electron chi connectivity index (χ4n) is 2.82. The number of rotatable bonds is 8. The lowest BCUT2D eigenvalue weighted by Crippen LogP contribution is -2.33. The number of nitrogens with zero attached hydrogens (tertiary/aromatic N) is 6. The lowest BCUT2D eigenvalue weighted by atomic mass is 10.1. The molecule has 0 fully saturated rings. The molecule has 0 aliphatic carbocycles. The van der Waals surface area contributed by atoms with Crippen molar-refractivity contribution in [2.75, 3.05) is 17.2 Å². The van der Waals surface area contributed by atoms with Crippen molar-refractivity contribution in [1.82, 2.24) is 20.2 Å². The Morgan fingerprint density at radius 3 is 2.79 bits per heavy atom. The van der Waals surface area contributed by atoms with Crippen LogP contribution in [0.5, 0.6) is 0 Å². The first-order valence-corrected chi connectivity index (χ1v) is 10.6. The van der Waals surface area contributed by atoms with Crippen molar-refractivity contribution < 1.29 is 4.79 Å². The van der Waals surface area contributed by atoms with Crippen LogP contribution in [0, 0.1) is 25.2 Å². The summed E-state index contributed by atoms with van der Waals surface area (Å²) in [4.78, 5) is 15.7. The maximum absolute atomic E-state index is 12.9. The molecule has 2 aromatic heterocycles. The van der Waals surface area contributed by atoms with Crippen LogP contribution in [0.4, 0.5) is 5.69 Å². The van der Waals surface area contributed by atoms with Crippen LogP contribution < -0.4 is 4.90 Å². The SMILES string of the molecule is Cc1cc(C)cc(N(CCC#N)C(=O)CSc2nnnn2Cc2cccs2)c1. The minimum atomic E-state index is -0.0732. The van der Waals surface area contributed by atoms with Crippen LogP contribution in [0.2, 0.25) is 0 Å². The highest BCUT2D eigenvalue weighted by Crippen LogP contribution is 2.22. The maximum atomic E-state index is 12.9. The number of nitriles is 1. The van der Waals surface area contributed by atoms with Gasteiger partial charge in [-0.1, -0.05) is 23.9 Å². The van der Waals surface area contributed by atoms with Gasteiger partial charge >= 0.3 is 0 Å². The highest BCUT2D eigenvalue weighted by atomic mass is 32.2. The molecule has 9 heteroatoms. The van der Waals surface area contributed by atoms with E-state index < -0.39 is 0 Å². The van der Waals surface area contributed by atoms with Crippen molar-refractivity contribution in [2.24, 2.45) is 0 Å². The van der Waals surface area contributed by atoms with Gasteiger partial charge in [-0.15, -0.1) is 16.4 Å².